The van der Waals surface area contributed by atoms with Crippen molar-refractivity contribution in [2.24, 2.45) is 0 Å². The Kier molecular flexibility index (Phi) is 4.57. The lowest BCUT2D eigenvalue weighted by atomic mass is 10.1. The second kappa shape index (κ2) is 6.39. The number of Topliss-reactive ketones (excluding diaryl/α,β-unsaturated/α-hetero) is 1. The lowest BCUT2D eigenvalue weighted by Crippen LogP contribution is -2.07. The topological polar surface area (TPSA) is 74.5 Å². The van der Waals surface area contributed by atoms with Crippen molar-refractivity contribution >= 4 is 5.78 Å². The molecule has 2 aromatic rings. The van der Waals surface area contributed by atoms with Crippen LogP contribution in [0.4, 0.5) is 0 Å². The highest BCUT2D eigenvalue weighted by Crippen LogP contribution is 2.29. The largest absolute Gasteiger partial charge is 0.497 e. The molecule has 0 saturated carbocycles. The number of rotatable bonds is 6. The van der Waals surface area contributed by atoms with E-state index in [0.29, 0.717) is 35.2 Å². The van der Waals surface area contributed by atoms with Crippen LogP contribution in [-0.4, -0.2) is 23.0 Å². The number of carbonyl (C=O) groups is 1. The molecule has 1 aromatic heterocycles. The monoisotopic (exact) mass is 290 g/mol. The first-order chi connectivity index (χ1) is 10.0. The summed E-state index contributed by atoms with van der Waals surface area (Å²) in [5.41, 5.74) is 0.484. The van der Waals surface area contributed by atoms with E-state index in [9.17, 15) is 4.79 Å². The van der Waals surface area contributed by atoms with E-state index in [-0.39, 0.29) is 5.78 Å². The van der Waals surface area contributed by atoms with Gasteiger partial charge in [-0.15, -0.1) is 0 Å². The molecule has 0 aliphatic rings. The summed E-state index contributed by atoms with van der Waals surface area (Å²) in [6, 6.07) is 5.06. The van der Waals surface area contributed by atoms with Gasteiger partial charge in [0.1, 0.15) is 11.5 Å². The third-order valence-electron chi connectivity index (χ3n) is 3.02. The second-order valence-corrected chi connectivity index (χ2v) is 4.58. The number of benzene rings is 1. The molecule has 21 heavy (non-hydrogen) atoms. The van der Waals surface area contributed by atoms with Gasteiger partial charge in [-0.3, -0.25) is 4.79 Å². The van der Waals surface area contributed by atoms with Crippen LogP contribution in [0.1, 0.15) is 48.9 Å². The molecule has 0 amide bonds. The average molecular weight is 290 g/mol. The molecule has 0 saturated heterocycles. The molecule has 1 atom stereocenters. The van der Waals surface area contributed by atoms with Crippen LogP contribution in [0.15, 0.2) is 22.7 Å². The summed E-state index contributed by atoms with van der Waals surface area (Å²) in [5.74, 6) is 1.97. The van der Waals surface area contributed by atoms with Crippen molar-refractivity contribution in [1.29, 1.82) is 0 Å². The second-order valence-electron chi connectivity index (χ2n) is 4.58. The van der Waals surface area contributed by atoms with Crippen LogP contribution < -0.4 is 9.47 Å². The minimum absolute atomic E-state index is 0.0837. The Morgan fingerprint density at radius 2 is 2.19 bits per heavy atom. The first kappa shape index (κ1) is 15.0. The molecule has 0 N–H and O–H groups in total. The molecule has 6 heteroatoms. The predicted molar refractivity (Wildman–Crippen MR) is 75.7 cm³/mol. The number of ketones is 1. The zero-order valence-corrected chi connectivity index (χ0v) is 12.5. The maximum Gasteiger partial charge on any atom is 0.267 e. The van der Waals surface area contributed by atoms with Gasteiger partial charge in [-0.05, 0) is 26.0 Å². The SMILES string of the molecule is CCc1noc([C@@H](C)Oc2cc(OC)ccc2C(C)=O)n1. The summed E-state index contributed by atoms with van der Waals surface area (Å²) in [6.45, 7) is 5.22. The number of ether oxygens (including phenoxy) is 2. The standard InChI is InChI=1S/C15H18N2O4/c1-5-14-16-15(21-17-14)10(3)20-13-8-11(19-4)6-7-12(13)9(2)18/h6-8,10H,5H2,1-4H3/t10-/m1/s1. The van der Waals surface area contributed by atoms with Crippen molar-refractivity contribution in [3.63, 3.8) is 0 Å². The molecule has 0 fully saturated rings. The minimum atomic E-state index is -0.456. The Balaban J connectivity index is 2.26. The summed E-state index contributed by atoms with van der Waals surface area (Å²) >= 11 is 0. The molecule has 0 unspecified atom stereocenters. The molecule has 0 aliphatic heterocycles. The highest BCUT2D eigenvalue weighted by molar-refractivity contribution is 5.97. The van der Waals surface area contributed by atoms with Crippen LogP contribution in [0, 0.1) is 0 Å². The summed E-state index contributed by atoms with van der Waals surface area (Å²) in [6.07, 6.45) is 0.233. The van der Waals surface area contributed by atoms with E-state index in [1.54, 1.807) is 32.2 Å². The molecule has 0 bridgehead atoms. The number of carbonyl (C=O) groups excluding carboxylic acids is 1. The zero-order chi connectivity index (χ0) is 15.4. The zero-order valence-electron chi connectivity index (χ0n) is 12.5. The fraction of sp³-hybridized carbons (Fsp3) is 0.400. The van der Waals surface area contributed by atoms with Crippen LogP contribution in [0.25, 0.3) is 0 Å². The number of nitrogens with zero attached hydrogens (tertiary/aromatic N) is 2. The fourth-order valence-corrected chi connectivity index (χ4v) is 1.84. The van der Waals surface area contributed by atoms with Crippen molar-refractivity contribution in [2.45, 2.75) is 33.3 Å². The molecule has 1 aromatic carbocycles. The van der Waals surface area contributed by atoms with E-state index < -0.39 is 6.10 Å². The lowest BCUT2D eigenvalue weighted by Gasteiger charge is -2.14. The normalized spacial score (nSPS) is 12.0. The Hall–Kier alpha value is -2.37. The smallest absolute Gasteiger partial charge is 0.267 e. The highest BCUT2D eigenvalue weighted by atomic mass is 16.5. The third-order valence-corrected chi connectivity index (χ3v) is 3.02. The Morgan fingerprint density at radius 1 is 1.43 bits per heavy atom. The van der Waals surface area contributed by atoms with E-state index in [0.717, 1.165) is 0 Å². The molecule has 112 valence electrons. The number of aryl methyl sites for hydroxylation is 1. The van der Waals surface area contributed by atoms with Gasteiger partial charge in [0.25, 0.3) is 5.89 Å². The molecule has 2 rings (SSSR count). The Bertz CT molecular complexity index is 636. The maximum absolute atomic E-state index is 11.7. The van der Waals surface area contributed by atoms with Crippen molar-refractivity contribution in [3.05, 3.63) is 35.5 Å². The van der Waals surface area contributed by atoms with E-state index in [2.05, 4.69) is 10.1 Å². The first-order valence-electron chi connectivity index (χ1n) is 6.73. The summed E-state index contributed by atoms with van der Waals surface area (Å²) < 4.78 is 16.1. The lowest BCUT2D eigenvalue weighted by molar-refractivity contribution is 0.100. The van der Waals surface area contributed by atoms with Gasteiger partial charge in [-0.2, -0.15) is 4.98 Å². The van der Waals surface area contributed by atoms with Crippen molar-refractivity contribution < 1.29 is 18.8 Å². The van der Waals surface area contributed by atoms with Crippen LogP contribution in [0.2, 0.25) is 0 Å². The molecule has 0 aliphatic carbocycles. The van der Waals surface area contributed by atoms with Gasteiger partial charge in [-0.25, -0.2) is 0 Å². The van der Waals surface area contributed by atoms with Crippen LogP contribution in [-0.2, 0) is 6.42 Å². The van der Waals surface area contributed by atoms with Gasteiger partial charge < -0.3 is 14.0 Å². The quantitative estimate of drug-likeness (QED) is 0.761. The van der Waals surface area contributed by atoms with Gasteiger partial charge in [0.15, 0.2) is 17.7 Å². The third kappa shape index (κ3) is 3.39. The van der Waals surface area contributed by atoms with Crippen molar-refractivity contribution in [3.8, 4) is 11.5 Å². The van der Waals surface area contributed by atoms with Crippen molar-refractivity contribution in [2.75, 3.05) is 7.11 Å². The summed E-state index contributed by atoms with van der Waals surface area (Å²) in [4.78, 5) is 15.9. The van der Waals surface area contributed by atoms with E-state index in [1.165, 1.54) is 6.92 Å². The first-order valence-corrected chi connectivity index (χ1v) is 6.73. The Morgan fingerprint density at radius 3 is 2.76 bits per heavy atom. The molecule has 0 spiro atoms. The van der Waals surface area contributed by atoms with Gasteiger partial charge in [-0.1, -0.05) is 12.1 Å². The van der Waals surface area contributed by atoms with Gasteiger partial charge in [0, 0.05) is 12.5 Å². The molecular formula is C15H18N2O4. The van der Waals surface area contributed by atoms with Gasteiger partial charge in [0.05, 0.1) is 12.7 Å². The number of aromatic nitrogens is 2. The predicted octanol–water partition coefficient (Wildman–Crippen LogP) is 2.98. The van der Waals surface area contributed by atoms with E-state index in [4.69, 9.17) is 14.0 Å². The van der Waals surface area contributed by atoms with Crippen LogP contribution in [0.5, 0.6) is 11.5 Å². The fourth-order valence-electron chi connectivity index (χ4n) is 1.84. The van der Waals surface area contributed by atoms with E-state index >= 15 is 0 Å². The number of methoxy groups -OCH3 is 1. The average Bonchev–Trinajstić information content (AvgIpc) is 2.95. The summed E-state index contributed by atoms with van der Waals surface area (Å²) in [7, 11) is 1.56. The highest BCUT2D eigenvalue weighted by Gasteiger charge is 2.18. The Labute approximate surface area is 123 Å². The van der Waals surface area contributed by atoms with Gasteiger partial charge in [0.2, 0.25) is 0 Å². The molecule has 6 nitrogen and oxygen atoms in total. The van der Waals surface area contributed by atoms with Gasteiger partial charge >= 0.3 is 0 Å². The number of hydrogen-bond donors (Lipinski definition) is 0. The van der Waals surface area contributed by atoms with Crippen molar-refractivity contribution in [1.82, 2.24) is 10.1 Å². The van der Waals surface area contributed by atoms with Crippen LogP contribution >= 0.6 is 0 Å². The summed E-state index contributed by atoms with van der Waals surface area (Å²) in [5, 5.41) is 3.83. The van der Waals surface area contributed by atoms with Crippen LogP contribution in [0.3, 0.4) is 0 Å². The molecular weight excluding hydrogens is 272 g/mol. The molecule has 0 radical (unpaired) electrons. The maximum atomic E-state index is 11.7. The molecule has 1 heterocycles. The number of hydrogen-bond acceptors (Lipinski definition) is 6. The minimum Gasteiger partial charge on any atom is -0.497 e. The van der Waals surface area contributed by atoms with E-state index in [1.807, 2.05) is 6.92 Å².